The lowest BCUT2D eigenvalue weighted by Gasteiger charge is -2.15. The number of amides is 1. The van der Waals surface area contributed by atoms with Gasteiger partial charge >= 0.3 is 0 Å². The van der Waals surface area contributed by atoms with E-state index in [9.17, 15) is 4.79 Å². The Labute approximate surface area is 159 Å². The summed E-state index contributed by atoms with van der Waals surface area (Å²) in [4.78, 5) is 12.5. The van der Waals surface area contributed by atoms with Crippen LogP contribution in [0.1, 0.15) is 47.2 Å². The van der Waals surface area contributed by atoms with Gasteiger partial charge in [-0.2, -0.15) is 0 Å². The molecule has 0 aliphatic heterocycles. The zero-order valence-corrected chi connectivity index (χ0v) is 15.9. The Kier molecular flexibility index (Phi) is 6.04. The third-order valence-electron chi connectivity index (χ3n) is 4.76. The smallest absolute Gasteiger partial charge is 0.251 e. The van der Waals surface area contributed by atoms with Crippen LogP contribution in [0.5, 0.6) is 11.5 Å². The average molecular weight is 374 g/mol. The molecule has 2 aromatic carbocycles. The van der Waals surface area contributed by atoms with Gasteiger partial charge in [0.1, 0.15) is 18.1 Å². The predicted molar refractivity (Wildman–Crippen MR) is 103 cm³/mol. The standard InChI is InChI=1S/C21H24ClNO3/c1-14-11-18(8-9-19(14)22)26-13-16-12-15(7-10-20(16)25-2)21(24)23-17-5-3-4-6-17/h7-12,17H,3-6,13H2,1-2H3,(H,23,24). The maximum absolute atomic E-state index is 12.5. The maximum atomic E-state index is 12.5. The number of aryl methyl sites for hydroxylation is 1. The highest BCUT2D eigenvalue weighted by atomic mass is 35.5. The van der Waals surface area contributed by atoms with Crippen molar-refractivity contribution in [3.05, 3.63) is 58.1 Å². The summed E-state index contributed by atoms with van der Waals surface area (Å²) in [5, 5.41) is 3.82. The molecule has 0 unspecified atom stereocenters. The Balaban J connectivity index is 1.72. The van der Waals surface area contributed by atoms with E-state index >= 15 is 0 Å². The summed E-state index contributed by atoms with van der Waals surface area (Å²) < 4.78 is 11.3. The molecule has 0 atom stereocenters. The number of halogens is 1. The number of hydrogen-bond acceptors (Lipinski definition) is 3. The van der Waals surface area contributed by atoms with Gasteiger partial charge in [0.2, 0.25) is 0 Å². The van der Waals surface area contributed by atoms with Crippen LogP contribution in [0, 0.1) is 6.92 Å². The monoisotopic (exact) mass is 373 g/mol. The molecule has 0 aromatic heterocycles. The zero-order valence-electron chi connectivity index (χ0n) is 15.2. The maximum Gasteiger partial charge on any atom is 0.251 e. The second-order valence-electron chi connectivity index (χ2n) is 6.68. The quantitative estimate of drug-likeness (QED) is 0.782. The number of rotatable bonds is 6. The third-order valence-corrected chi connectivity index (χ3v) is 5.18. The summed E-state index contributed by atoms with van der Waals surface area (Å²) in [7, 11) is 1.61. The molecule has 1 fully saturated rings. The summed E-state index contributed by atoms with van der Waals surface area (Å²) in [5.41, 5.74) is 2.42. The number of hydrogen-bond donors (Lipinski definition) is 1. The van der Waals surface area contributed by atoms with E-state index < -0.39 is 0 Å². The van der Waals surface area contributed by atoms with Gasteiger partial charge in [-0.3, -0.25) is 4.79 Å². The number of carbonyl (C=O) groups is 1. The summed E-state index contributed by atoms with van der Waals surface area (Å²) >= 11 is 6.05. The molecule has 1 aliphatic carbocycles. The first-order valence-electron chi connectivity index (χ1n) is 8.93. The van der Waals surface area contributed by atoms with E-state index in [0.29, 0.717) is 29.0 Å². The van der Waals surface area contributed by atoms with E-state index in [1.165, 1.54) is 12.8 Å². The van der Waals surface area contributed by atoms with Crippen LogP contribution in [-0.4, -0.2) is 19.1 Å². The molecule has 0 radical (unpaired) electrons. The Morgan fingerprint density at radius 1 is 1.19 bits per heavy atom. The van der Waals surface area contributed by atoms with E-state index in [4.69, 9.17) is 21.1 Å². The molecule has 5 heteroatoms. The summed E-state index contributed by atoms with van der Waals surface area (Å²) in [6, 6.07) is 11.3. The van der Waals surface area contributed by atoms with E-state index in [0.717, 1.165) is 29.7 Å². The molecular weight excluding hydrogens is 350 g/mol. The Morgan fingerprint density at radius 2 is 1.96 bits per heavy atom. The summed E-state index contributed by atoms with van der Waals surface area (Å²) in [5.74, 6) is 1.39. The van der Waals surface area contributed by atoms with Crippen LogP contribution in [-0.2, 0) is 6.61 Å². The molecule has 0 saturated heterocycles. The molecule has 138 valence electrons. The first-order valence-corrected chi connectivity index (χ1v) is 9.31. The second kappa shape index (κ2) is 8.45. The fourth-order valence-electron chi connectivity index (χ4n) is 3.24. The summed E-state index contributed by atoms with van der Waals surface area (Å²) in [6.45, 7) is 2.25. The fraction of sp³-hybridized carbons (Fsp3) is 0.381. The molecule has 3 rings (SSSR count). The van der Waals surface area contributed by atoms with Gasteiger partial charge in [-0.05, 0) is 61.7 Å². The van der Waals surface area contributed by atoms with Crippen molar-refractivity contribution < 1.29 is 14.3 Å². The minimum Gasteiger partial charge on any atom is -0.496 e. The molecule has 4 nitrogen and oxygen atoms in total. The number of benzene rings is 2. The van der Waals surface area contributed by atoms with Crippen molar-refractivity contribution in [2.45, 2.75) is 45.3 Å². The van der Waals surface area contributed by atoms with Crippen LogP contribution >= 0.6 is 11.6 Å². The van der Waals surface area contributed by atoms with Crippen molar-refractivity contribution in [3.8, 4) is 11.5 Å². The van der Waals surface area contributed by atoms with Crippen molar-refractivity contribution >= 4 is 17.5 Å². The lowest BCUT2D eigenvalue weighted by atomic mass is 10.1. The normalized spacial score (nSPS) is 14.3. The number of carbonyl (C=O) groups excluding carboxylic acids is 1. The van der Waals surface area contributed by atoms with Crippen LogP contribution in [0.4, 0.5) is 0 Å². The largest absolute Gasteiger partial charge is 0.496 e. The van der Waals surface area contributed by atoms with Crippen molar-refractivity contribution in [1.29, 1.82) is 0 Å². The molecule has 1 aliphatic rings. The van der Waals surface area contributed by atoms with E-state index in [2.05, 4.69) is 5.32 Å². The second-order valence-corrected chi connectivity index (χ2v) is 7.09. The molecular formula is C21H24ClNO3. The molecule has 0 spiro atoms. The fourth-order valence-corrected chi connectivity index (χ4v) is 3.36. The van der Waals surface area contributed by atoms with Crippen LogP contribution in [0.2, 0.25) is 5.02 Å². The molecule has 0 heterocycles. The van der Waals surface area contributed by atoms with E-state index in [1.54, 1.807) is 13.2 Å². The van der Waals surface area contributed by atoms with Crippen LogP contribution in [0.15, 0.2) is 36.4 Å². The molecule has 1 amide bonds. The van der Waals surface area contributed by atoms with Gasteiger partial charge in [0.05, 0.1) is 7.11 Å². The van der Waals surface area contributed by atoms with Gasteiger partial charge in [0, 0.05) is 22.2 Å². The van der Waals surface area contributed by atoms with Gasteiger partial charge in [-0.25, -0.2) is 0 Å². The topological polar surface area (TPSA) is 47.6 Å². The third kappa shape index (κ3) is 4.50. The molecule has 0 bridgehead atoms. The van der Waals surface area contributed by atoms with Gasteiger partial charge in [0.25, 0.3) is 5.91 Å². The Hall–Kier alpha value is -2.20. The van der Waals surface area contributed by atoms with Crippen LogP contribution in [0.25, 0.3) is 0 Å². The molecule has 26 heavy (non-hydrogen) atoms. The minimum absolute atomic E-state index is 0.0388. The van der Waals surface area contributed by atoms with Gasteiger partial charge in [0.15, 0.2) is 0 Å². The Bertz CT molecular complexity index is 785. The predicted octanol–water partition coefficient (Wildman–Crippen LogP) is 4.91. The molecule has 1 N–H and O–H groups in total. The van der Waals surface area contributed by atoms with E-state index in [1.807, 2.05) is 37.3 Å². The van der Waals surface area contributed by atoms with Gasteiger partial charge in [-0.1, -0.05) is 24.4 Å². The Morgan fingerprint density at radius 3 is 2.65 bits per heavy atom. The first kappa shape index (κ1) is 18.6. The highest BCUT2D eigenvalue weighted by Crippen LogP contribution is 2.25. The average Bonchev–Trinajstić information content (AvgIpc) is 3.15. The highest BCUT2D eigenvalue weighted by molar-refractivity contribution is 6.31. The van der Waals surface area contributed by atoms with Crippen molar-refractivity contribution in [2.75, 3.05) is 7.11 Å². The molecule has 1 saturated carbocycles. The van der Waals surface area contributed by atoms with Gasteiger partial charge in [-0.15, -0.1) is 0 Å². The number of nitrogens with one attached hydrogen (secondary N) is 1. The zero-order chi connectivity index (χ0) is 18.5. The van der Waals surface area contributed by atoms with Crippen molar-refractivity contribution in [3.63, 3.8) is 0 Å². The van der Waals surface area contributed by atoms with Crippen molar-refractivity contribution in [1.82, 2.24) is 5.32 Å². The van der Waals surface area contributed by atoms with Crippen molar-refractivity contribution in [2.24, 2.45) is 0 Å². The lowest BCUT2D eigenvalue weighted by Crippen LogP contribution is -2.32. The SMILES string of the molecule is COc1ccc(C(=O)NC2CCCC2)cc1COc1ccc(Cl)c(C)c1. The van der Waals surface area contributed by atoms with Gasteiger partial charge < -0.3 is 14.8 Å². The highest BCUT2D eigenvalue weighted by Gasteiger charge is 2.19. The minimum atomic E-state index is -0.0388. The number of ether oxygens (including phenoxy) is 2. The molecule has 2 aromatic rings. The van der Waals surface area contributed by atoms with E-state index in [-0.39, 0.29) is 5.91 Å². The van der Waals surface area contributed by atoms with Crippen LogP contribution < -0.4 is 14.8 Å². The first-order chi connectivity index (χ1) is 12.6. The summed E-state index contributed by atoms with van der Waals surface area (Å²) in [6.07, 6.45) is 4.50. The number of methoxy groups -OCH3 is 1. The van der Waals surface area contributed by atoms with Crippen LogP contribution in [0.3, 0.4) is 0 Å². The lowest BCUT2D eigenvalue weighted by molar-refractivity contribution is 0.0937.